The largest absolute Gasteiger partial charge is 0.448 e. The molecule has 2 N–H and O–H groups in total. The molecule has 2 saturated carbocycles. The Labute approximate surface area is 225 Å². The molecule has 0 radical (unpaired) electrons. The predicted molar refractivity (Wildman–Crippen MR) is 149 cm³/mol. The first-order valence-corrected chi connectivity index (χ1v) is 15.8. The smallest absolute Gasteiger partial charge is 0.385 e. The molecule has 202 valence electrons. The van der Waals surface area contributed by atoms with Crippen LogP contribution in [0, 0.1) is 0 Å². The third-order valence-electron chi connectivity index (χ3n) is 7.78. The van der Waals surface area contributed by atoms with Crippen LogP contribution in [0.5, 0.6) is 0 Å². The number of sulfone groups is 1. The normalized spacial score (nSPS) is 22.1. The molecule has 1 amide bonds. The van der Waals surface area contributed by atoms with Crippen LogP contribution in [0.15, 0.2) is 71.3 Å². The lowest BCUT2D eigenvalue weighted by Gasteiger charge is -2.26. The minimum absolute atomic E-state index is 0.00839. The summed E-state index contributed by atoms with van der Waals surface area (Å²) < 4.78 is 33.1. The zero-order chi connectivity index (χ0) is 26.5. The van der Waals surface area contributed by atoms with Gasteiger partial charge in [0, 0.05) is 11.9 Å². The lowest BCUT2D eigenvalue weighted by atomic mass is 9.95. The van der Waals surface area contributed by atoms with Gasteiger partial charge in [0.2, 0.25) is 5.76 Å². The Bertz CT molecular complexity index is 1280. The van der Waals surface area contributed by atoms with Crippen LogP contribution in [0.2, 0.25) is 0 Å². The maximum absolute atomic E-state index is 14.1. The van der Waals surface area contributed by atoms with E-state index in [9.17, 15) is 13.2 Å². The molecular formula is C30H38N3O4S+. The van der Waals surface area contributed by atoms with E-state index in [1.807, 2.05) is 60.7 Å². The standard InChI is InChI=1S/C30H37N3O4S/c1-38(35,36)28-26(22-14-6-2-7-15-22)33(25-20-12-5-13-21-25)29(34)27(28)37-30(31-23-16-8-3-9-17-23)32-24-18-10-4-11-19-24/h2,5-7,12-15,20-21,23-24,26H,3-4,8-11,16-19H2,1H3,(H,31,32)/p+1. The van der Waals surface area contributed by atoms with Crippen LogP contribution >= 0.6 is 0 Å². The minimum Gasteiger partial charge on any atom is -0.385 e. The molecule has 1 aliphatic heterocycles. The fraction of sp³-hybridized carbons (Fsp3) is 0.467. The first-order chi connectivity index (χ1) is 18.4. The van der Waals surface area contributed by atoms with Crippen LogP contribution in [0.4, 0.5) is 5.69 Å². The summed E-state index contributed by atoms with van der Waals surface area (Å²) in [4.78, 5) is 19.1. The number of nitrogens with one attached hydrogen (secondary N) is 2. The third kappa shape index (κ3) is 5.96. The average molecular weight is 537 g/mol. The van der Waals surface area contributed by atoms with Crippen molar-refractivity contribution in [1.82, 2.24) is 5.32 Å². The van der Waals surface area contributed by atoms with Gasteiger partial charge in [-0.2, -0.15) is 0 Å². The summed E-state index contributed by atoms with van der Waals surface area (Å²) >= 11 is 0. The van der Waals surface area contributed by atoms with Crippen LogP contribution in [-0.2, 0) is 19.4 Å². The highest BCUT2D eigenvalue weighted by atomic mass is 32.2. The number of rotatable bonds is 6. The minimum atomic E-state index is -3.81. The van der Waals surface area contributed by atoms with E-state index >= 15 is 0 Å². The van der Waals surface area contributed by atoms with Gasteiger partial charge >= 0.3 is 6.02 Å². The van der Waals surface area contributed by atoms with Crippen molar-refractivity contribution in [3.05, 3.63) is 76.9 Å². The zero-order valence-corrected chi connectivity index (χ0v) is 22.9. The van der Waals surface area contributed by atoms with Gasteiger partial charge in [0.15, 0.2) is 9.84 Å². The Morgan fingerprint density at radius 3 is 2.05 bits per heavy atom. The Balaban J connectivity index is 1.59. The summed E-state index contributed by atoms with van der Waals surface area (Å²) in [5.74, 6) is -0.592. The summed E-state index contributed by atoms with van der Waals surface area (Å²) in [5, 5.41) is 3.52. The fourth-order valence-corrected chi connectivity index (χ4v) is 7.01. The Hall–Kier alpha value is -3.13. The molecule has 1 atom stereocenters. The highest BCUT2D eigenvalue weighted by Gasteiger charge is 2.48. The van der Waals surface area contributed by atoms with Gasteiger partial charge in [-0.05, 0) is 69.1 Å². The van der Waals surface area contributed by atoms with E-state index in [-0.39, 0.29) is 22.7 Å². The second-order valence-electron chi connectivity index (χ2n) is 10.7. The molecule has 5 rings (SSSR count). The van der Waals surface area contributed by atoms with Gasteiger partial charge in [-0.3, -0.25) is 9.69 Å². The van der Waals surface area contributed by atoms with Gasteiger partial charge < -0.3 is 4.74 Å². The number of amidine groups is 1. The highest BCUT2D eigenvalue weighted by Crippen LogP contribution is 2.43. The summed E-state index contributed by atoms with van der Waals surface area (Å²) in [6, 6.07) is 18.5. The fourth-order valence-electron chi connectivity index (χ4n) is 5.90. The summed E-state index contributed by atoms with van der Waals surface area (Å²) in [5.41, 5.74) is 1.33. The van der Waals surface area contributed by atoms with E-state index in [0.29, 0.717) is 17.3 Å². The number of hydrogen-bond acceptors (Lipinski definition) is 4. The molecule has 0 aromatic heterocycles. The zero-order valence-electron chi connectivity index (χ0n) is 22.1. The number of carbonyl (C=O) groups excluding carboxylic acids is 1. The van der Waals surface area contributed by atoms with Crippen LogP contribution < -0.4 is 15.2 Å². The van der Waals surface area contributed by atoms with Crippen molar-refractivity contribution in [1.29, 1.82) is 0 Å². The molecule has 0 spiro atoms. The molecule has 38 heavy (non-hydrogen) atoms. The van der Waals surface area contributed by atoms with E-state index in [2.05, 4.69) is 10.3 Å². The van der Waals surface area contributed by atoms with Crippen LogP contribution in [-0.4, -0.2) is 38.7 Å². The number of hydrogen-bond donors (Lipinski definition) is 2. The molecule has 7 nitrogen and oxygen atoms in total. The topological polar surface area (TPSA) is 89.7 Å². The second kappa shape index (κ2) is 11.7. The van der Waals surface area contributed by atoms with Crippen molar-refractivity contribution in [3.63, 3.8) is 0 Å². The molecule has 2 fully saturated rings. The number of ether oxygens (including phenoxy) is 1. The molecular weight excluding hydrogens is 498 g/mol. The summed E-state index contributed by atoms with van der Waals surface area (Å²) in [7, 11) is -3.81. The maximum atomic E-state index is 14.1. The first kappa shape index (κ1) is 26.5. The quantitative estimate of drug-likeness (QED) is 0.434. The Kier molecular flexibility index (Phi) is 8.17. The number of benzene rings is 2. The van der Waals surface area contributed by atoms with Gasteiger partial charge in [-0.1, -0.05) is 61.4 Å². The van der Waals surface area contributed by atoms with Crippen molar-refractivity contribution in [2.75, 3.05) is 11.2 Å². The Morgan fingerprint density at radius 1 is 0.868 bits per heavy atom. The molecule has 3 aliphatic rings. The van der Waals surface area contributed by atoms with Gasteiger partial charge in [0.1, 0.15) is 10.9 Å². The predicted octanol–water partition coefficient (Wildman–Crippen LogP) is 3.74. The molecule has 2 aliphatic carbocycles. The van der Waals surface area contributed by atoms with Crippen molar-refractivity contribution >= 4 is 27.5 Å². The van der Waals surface area contributed by atoms with E-state index in [4.69, 9.17) is 4.74 Å². The number of para-hydroxylation sites is 1. The average Bonchev–Trinajstić information content (AvgIpc) is 3.23. The van der Waals surface area contributed by atoms with Crippen LogP contribution in [0.1, 0.15) is 75.8 Å². The molecule has 0 bridgehead atoms. The number of anilines is 1. The van der Waals surface area contributed by atoms with Crippen molar-refractivity contribution in [3.8, 4) is 0 Å². The molecule has 2 aromatic rings. The monoisotopic (exact) mass is 536 g/mol. The second-order valence-corrected chi connectivity index (χ2v) is 12.7. The molecule has 1 unspecified atom stereocenters. The summed E-state index contributed by atoms with van der Waals surface area (Å²) in [6.07, 6.45) is 12.2. The third-order valence-corrected chi connectivity index (χ3v) is 8.99. The van der Waals surface area contributed by atoms with Gasteiger partial charge in [0.25, 0.3) is 5.91 Å². The van der Waals surface area contributed by atoms with E-state index in [1.165, 1.54) is 12.8 Å². The van der Waals surface area contributed by atoms with Crippen molar-refractivity contribution < 1.29 is 22.9 Å². The maximum Gasteiger partial charge on any atom is 0.448 e. The molecule has 1 heterocycles. The van der Waals surface area contributed by atoms with E-state index < -0.39 is 21.8 Å². The number of carbonyl (C=O) groups is 1. The SMILES string of the molecule is CS(=O)(=O)C1=C(OC(NC2CCCCC2)=[NH+]C2CCCCC2)C(=O)N(c2ccccc2)C1c1ccccc1. The first-order valence-electron chi connectivity index (χ1n) is 13.9. The lowest BCUT2D eigenvalue weighted by molar-refractivity contribution is -0.518. The number of amides is 1. The van der Waals surface area contributed by atoms with E-state index in [0.717, 1.165) is 57.6 Å². The van der Waals surface area contributed by atoms with Crippen molar-refractivity contribution in [2.45, 2.75) is 82.3 Å². The van der Waals surface area contributed by atoms with Gasteiger partial charge in [0.05, 0.1) is 12.1 Å². The molecule has 2 aromatic carbocycles. The molecule has 0 saturated heterocycles. The molecule has 8 heteroatoms. The Morgan fingerprint density at radius 2 is 1.45 bits per heavy atom. The van der Waals surface area contributed by atoms with Gasteiger partial charge in [-0.15, -0.1) is 0 Å². The van der Waals surface area contributed by atoms with Crippen molar-refractivity contribution in [2.24, 2.45) is 0 Å². The van der Waals surface area contributed by atoms with Crippen LogP contribution in [0.3, 0.4) is 0 Å². The summed E-state index contributed by atoms with van der Waals surface area (Å²) in [6.45, 7) is 0. The number of nitrogens with zero attached hydrogens (tertiary/aromatic N) is 1. The van der Waals surface area contributed by atoms with Crippen LogP contribution in [0.25, 0.3) is 0 Å². The van der Waals surface area contributed by atoms with E-state index in [1.54, 1.807) is 4.90 Å². The lowest BCUT2D eigenvalue weighted by Crippen LogP contribution is -2.83. The highest BCUT2D eigenvalue weighted by molar-refractivity contribution is 7.94. The van der Waals surface area contributed by atoms with Gasteiger partial charge in [-0.25, -0.2) is 18.7 Å².